The largest absolute Gasteiger partial charge is 0.461 e. The van der Waals surface area contributed by atoms with Crippen molar-refractivity contribution in [3.63, 3.8) is 0 Å². The maximum atomic E-state index is 13.0. The normalized spacial score (nSPS) is 12.3. The van der Waals surface area contributed by atoms with Crippen LogP contribution in [0.1, 0.15) is 32.3 Å². The van der Waals surface area contributed by atoms with Crippen molar-refractivity contribution in [2.24, 2.45) is 0 Å². The smallest absolute Gasteiger partial charge is 0.337 e. The molecule has 3 aromatic rings. The first-order valence-electron chi connectivity index (χ1n) is 10.8. The molecular formula is C26H28O6S. The average Bonchev–Trinajstić information content (AvgIpc) is 2.79. The number of esters is 1. The van der Waals surface area contributed by atoms with E-state index in [0.717, 1.165) is 5.56 Å². The maximum Gasteiger partial charge on any atom is 0.337 e. The summed E-state index contributed by atoms with van der Waals surface area (Å²) < 4.78 is 42.3. The van der Waals surface area contributed by atoms with Crippen LogP contribution < -0.4 is 4.74 Å². The summed E-state index contributed by atoms with van der Waals surface area (Å²) in [6.45, 7) is 3.41. The predicted octanol–water partition coefficient (Wildman–Crippen LogP) is 5.53. The Labute approximate surface area is 195 Å². The molecule has 0 bridgehead atoms. The van der Waals surface area contributed by atoms with Gasteiger partial charge in [0.2, 0.25) is 0 Å². The Balaban J connectivity index is 1.73. The molecule has 6 nitrogen and oxygen atoms in total. The van der Waals surface area contributed by atoms with E-state index in [4.69, 9.17) is 13.7 Å². The van der Waals surface area contributed by atoms with Crippen molar-refractivity contribution in [2.45, 2.75) is 50.2 Å². The van der Waals surface area contributed by atoms with E-state index in [1.807, 2.05) is 48.5 Å². The number of rotatable bonds is 11. The van der Waals surface area contributed by atoms with Gasteiger partial charge in [0.05, 0.1) is 11.0 Å². The number of carbonyl (C=O) groups is 1. The van der Waals surface area contributed by atoms with Gasteiger partial charge in [-0.3, -0.25) is 4.18 Å². The summed E-state index contributed by atoms with van der Waals surface area (Å²) in [7, 11) is -4.23. The molecule has 3 aromatic carbocycles. The Morgan fingerprint density at radius 3 is 2.15 bits per heavy atom. The second-order valence-corrected chi connectivity index (χ2v) is 9.36. The molecule has 1 atom stereocenters. The highest BCUT2D eigenvalue weighted by Gasteiger charge is 2.29. The standard InChI is InChI=1S/C26H28O6S/c1-20(2)30-26(27)25(18-9-13-21-11-5-3-6-12-21)32-33(28,29)24-17-10-16-23(19-24)31-22-14-7-4-8-15-22/h3-8,10-12,14-17,19-20,25H,9,13,18H2,1-2H3/t25-/m1/s1. The van der Waals surface area contributed by atoms with Gasteiger partial charge in [-0.05, 0) is 62.9 Å². The first-order valence-corrected chi connectivity index (χ1v) is 12.2. The molecule has 0 saturated heterocycles. The number of hydrogen-bond donors (Lipinski definition) is 0. The molecule has 0 amide bonds. The van der Waals surface area contributed by atoms with Crippen LogP contribution in [-0.2, 0) is 30.3 Å². The van der Waals surface area contributed by atoms with Gasteiger partial charge in [-0.2, -0.15) is 8.42 Å². The third kappa shape index (κ3) is 7.73. The van der Waals surface area contributed by atoms with Gasteiger partial charge in [0.1, 0.15) is 11.5 Å². The zero-order chi connectivity index (χ0) is 23.7. The van der Waals surface area contributed by atoms with E-state index in [1.54, 1.807) is 38.1 Å². The van der Waals surface area contributed by atoms with Crippen LogP contribution in [0.5, 0.6) is 11.5 Å². The van der Waals surface area contributed by atoms with Crippen LogP contribution in [0.25, 0.3) is 0 Å². The Kier molecular flexibility index (Phi) is 8.63. The van der Waals surface area contributed by atoms with Crippen molar-refractivity contribution in [1.82, 2.24) is 0 Å². The lowest BCUT2D eigenvalue weighted by Crippen LogP contribution is -2.31. The van der Waals surface area contributed by atoms with E-state index in [2.05, 4.69) is 0 Å². The van der Waals surface area contributed by atoms with Crippen molar-refractivity contribution in [1.29, 1.82) is 0 Å². The third-order valence-corrected chi connectivity index (χ3v) is 6.02. The summed E-state index contributed by atoms with van der Waals surface area (Å²) in [4.78, 5) is 12.5. The monoisotopic (exact) mass is 468 g/mol. The molecule has 0 radical (unpaired) electrons. The van der Waals surface area contributed by atoms with Crippen LogP contribution in [0.4, 0.5) is 0 Å². The molecule has 0 heterocycles. The van der Waals surface area contributed by atoms with Crippen molar-refractivity contribution >= 4 is 16.1 Å². The number of ether oxygens (including phenoxy) is 2. The minimum Gasteiger partial charge on any atom is -0.461 e. The summed E-state index contributed by atoms with van der Waals surface area (Å²) in [6, 6.07) is 24.8. The fraction of sp³-hybridized carbons (Fsp3) is 0.269. The van der Waals surface area contributed by atoms with E-state index in [-0.39, 0.29) is 17.4 Å². The van der Waals surface area contributed by atoms with Gasteiger partial charge in [0.15, 0.2) is 6.10 Å². The molecule has 0 N–H and O–H groups in total. The first-order chi connectivity index (χ1) is 15.8. The summed E-state index contributed by atoms with van der Waals surface area (Å²) in [5, 5.41) is 0. The molecule has 0 aliphatic rings. The number of carbonyl (C=O) groups excluding carboxylic acids is 1. The quantitative estimate of drug-likeness (QED) is 0.272. The summed E-state index contributed by atoms with van der Waals surface area (Å²) in [5.41, 5.74) is 1.10. The summed E-state index contributed by atoms with van der Waals surface area (Å²) in [5.74, 6) is 0.224. The molecule has 0 aromatic heterocycles. The zero-order valence-corrected chi connectivity index (χ0v) is 19.5. The Morgan fingerprint density at radius 2 is 1.48 bits per heavy atom. The predicted molar refractivity (Wildman–Crippen MR) is 126 cm³/mol. The topological polar surface area (TPSA) is 78.9 Å². The molecule has 0 unspecified atom stereocenters. The van der Waals surface area contributed by atoms with Crippen LogP contribution in [0.15, 0.2) is 89.8 Å². The van der Waals surface area contributed by atoms with Crippen LogP contribution in [-0.4, -0.2) is 26.6 Å². The fourth-order valence-electron chi connectivity index (χ4n) is 3.18. The third-order valence-electron chi connectivity index (χ3n) is 4.71. The average molecular weight is 469 g/mol. The number of benzene rings is 3. The molecule has 0 aliphatic heterocycles. The molecule has 0 aliphatic carbocycles. The zero-order valence-electron chi connectivity index (χ0n) is 18.7. The number of aryl methyl sites for hydroxylation is 1. The van der Waals surface area contributed by atoms with Crippen LogP contribution in [0, 0.1) is 0 Å². The Bertz CT molecular complexity index is 1130. The van der Waals surface area contributed by atoms with E-state index in [0.29, 0.717) is 24.3 Å². The molecule has 3 rings (SSSR count). The lowest BCUT2D eigenvalue weighted by Gasteiger charge is -2.18. The SMILES string of the molecule is CC(C)OC(=O)[C@@H](CCCc1ccccc1)OS(=O)(=O)c1cccc(Oc2ccccc2)c1. The van der Waals surface area contributed by atoms with Gasteiger partial charge in [-0.1, -0.05) is 54.6 Å². The maximum absolute atomic E-state index is 13.0. The van der Waals surface area contributed by atoms with Crippen molar-refractivity contribution < 1.29 is 26.9 Å². The first kappa shape index (κ1) is 24.5. The number of para-hydroxylation sites is 1. The Hall–Kier alpha value is -3.16. The lowest BCUT2D eigenvalue weighted by atomic mass is 10.1. The minimum absolute atomic E-state index is 0.0960. The van der Waals surface area contributed by atoms with Crippen molar-refractivity contribution in [2.75, 3.05) is 0 Å². The second kappa shape index (κ2) is 11.6. The molecule has 174 valence electrons. The van der Waals surface area contributed by atoms with Crippen molar-refractivity contribution in [3.8, 4) is 11.5 Å². The molecule has 0 saturated carbocycles. The van der Waals surface area contributed by atoms with E-state index in [1.165, 1.54) is 12.1 Å². The van der Waals surface area contributed by atoms with E-state index < -0.39 is 22.2 Å². The van der Waals surface area contributed by atoms with Gasteiger partial charge >= 0.3 is 5.97 Å². The summed E-state index contributed by atoms with van der Waals surface area (Å²) >= 11 is 0. The molecule has 0 spiro atoms. The molecular weight excluding hydrogens is 440 g/mol. The minimum atomic E-state index is -4.23. The molecule has 33 heavy (non-hydrogen) atoms. The van der Waals surface area contributed by atoms with E-state index >= 15 is 0 Å². The van der Waals surface area contributed by atoms with Gasteiger partial charge in [-0.15, -0.1) is 0 Å². The van der Waals surface area contributed by atoms with E-state index in [9.17, 15) is 13.2 Å². The molecule has 0 fully saturated rings. The summed E-state index contributed by atoms with van der Waals surface area (Å²) in [6.07, 6.45) is -0.160. The van der Waals surface area contributed by atoms with Crippen LogP contribution in [0.3, 0.4) is 0 Å². The molecule has 7 heteroatoms. The van der Waals surface area contributed by atoms with Crippen molar-refractivity contribution in [3.05, 3.63) is 90.5 Å². The highest BCUT2D eigenvalue weighted by atomic mass is 32.2. The highest BCUT2D eigenvalue weighted by molar-refractivity contribution is 7.86. The lowest BCUT2D eigenvalue weighted by molar-refractivity contribution is -0.156. The van der Waals surface area contributed by atoms with Gasteiger partial charge in [0, 0.05) is 6.07 Å². The van der Waals surface area contributed by atoms with Gasteiger partial charge in [-0.25, -0.2) is 4.79 Å². The van der Waals surface area contributed by atoms with Crippen LogP contribution in [0.2, 0.25) is 0 Å². The Morgan fingerprint density at radius 1 is 0.848 bits per heavy atom. The highest BCUT2D eigenvalue weighted by Crippen LogP contribution is 2.26. The van der Waals surface area contributed by atoms with Gasteiger partial charge < -0.3 is 9.47 Å². The fourth-order valence-corrected chi connectivity index (χ4v) is 4.27. The second-order valence-electron chi connectivity index (χ2n) is 7.79. The van der Waals surface area contributed by atoms with Gasteiger partial charge in [0.25, 0.3) is 10.1 Å². The number of hydrogen-bond acceptors (Lipinski definition) is 6. The van der Waals surface area contributed by atoms with Crippen LogP contribution >= 0.6 is 0 Å².